The lowest BCUT2D eigenvalue weighted by atomic mass is 9.79. The van der Waals surface area contributed by atoms with Gasteiger partial charge in [-0.15, -0.1) is 0 Å². The van der Waals surface area contributed by atoms with E-state index in [2.05, 4.69) is 140 Å². The van der Waals surface area contributed by atoms with Gasteiger partial charge < -0.3 is 45.9 Å². The van der Waals surface area contributed by atoms with Gasteiger partial charge in [-0.05, 0) is 170 Å². The highest BCUT2D eigenvalue weighted by Gasteiger charge is 2.41. The Morgan fingerprint density at radius 1 is 0.464 bits per heavy atom. The van der Waals surface area contributed by atoms with Crippen LogP contribution in [-0.4, -0.2) is 147 Å². The summed E-state index contributed by atoms with van der Waals surface area (Å²) < 4.78 is 63.8. The maximum Gasteiger partial charge on any atom is 0.196 e. The highest BCUT2D eigenvalue weighted by molar-refractivity contribution is 7.23. The smallest absolute Gasteiger partial charge is 0.196 e. The van der Waals surface area contributed by atoms with Gasteiger partial charge in [0.15, 0.2) is 61.3 Å². The quantitative estimate of drug-likeness (QED) is 0.0946. The van der Waals surface area contributed by atoms with Gasteiger partial charge in [-0.1, -0.05) is 34.0 Å². The molecule has 0 aliphatic carbocycles. The minimum Gasteiger partial charge on any atom is -0.493 e. The van der Waals surface area contributed by atoms with Crippen LogP contribution in [0.15, 0.2) is 73.2 Å². The molecule has 510 valence electrons. The fourth-order valence-electron chi connectivity index (χ4n) is 14.5. The van der Waals surface area contributed by atoms with Gasteiger partial charge in [0.1, 0.15) is 16.6 Å². The van der Waals surface area contributed by atoms with Gasteiger partial charge in [0.25, 0.3) is 0 Å². The van der Waals surface area contributed by atoms with Gasteiger partial charge in [-0.25, -0.2) is 56.6 Å². The molecule has 0 saturated carbocycles. The summed E-state index contributed by atoms with van der Waals surface area (Å²) in [5.41, 5.74) is 16.2. The summed E-state index contributed by atoms with van der Waals surface area (Å²) in [5, 5.41) is 27.2. The molecule has 12 heterocycles. The van der Waals surface area contributed by atoms with Crippen LogP contribution < -0.4 is 45.9 Å². The number of nitrogens with two attached hydrogens (primary N) is 1. The first-order valence-corrected chi connectivity index (χ1v) is 35.1. The highest BCUT2D eigenvalue weighted by atomic mass is 32.1. The first-order valence-electron chi connectivity index (χ1n) is 32.6. The Kier molecular flexibility index (Phi) is 17.7. The summed E-state index contributed by atoms with van der Waals surface area (Å²) in [6.45, 7) is 25.6. The third-order valence-electron chi connectivity index (χ3n) is 18.4. The summed E-state index contributed by atoms with van der Waals surface area (Å²) in [5.74, 6) is 0.152. The standard InChI is InChI=1S/C25H31FN6OS.C24H30FN7S.C21H23FN6OS/c1-14-13-32-22(27-14)19(33-7)10-18(29-32)15-8-17(26)21-20(9-15)34-23(28-21)31(6)16-11-24(2,3)30-25(4,5)12-16;1-13-12-32-21(27-13)17(26)9-18(29-32)14-7-16(25)20-19(8-14)33-22(28-20)31(6)15-10-23(2,3)30-24(4,5)11-15;1-12-11-28-20(24-12)17(29-3)10-16(26-28)13-8-15(22)19-18(9-13)30-21(25-19)27(2)14-4-6-23-7-5-14/h8-10,13,16,30H,11-12H2,1-7H3;7-9,12,15,30H,10-11,26H2,1-6H3;8-11,14,23H,4-7H2,1-3H3. The summed E-state index contributed by atoms with van der Waals surface area (Å²) in [4.78, 5) is 33.9. The zero-order valence-electron chi connectivity index (χ0n) is 57.8. The molecule has 0 spiro atoms. The molecule has 9 aromatic heterocycles. The zero-order chi connectivity index (χ0) is 68.9. The molecule has 5 N–H and O–H groups in total. The number of fused-ring (bicyclic) bond motifs is 6. The van der Waals surface area contributed by atoms with Crippen molar-refractivity contribution in [1.29, 1.82) is 0 Å². The molecule has 15 rings (SSSR count). The van der Waals surface area contributed by atoms with Crippen LogP contribution in [0.5, 0.6) is 11.5 Å². The number of aromatic nitrogens is 12. The summed E-state index contributed by atoms with van der Waals surface area (Å²) in [6, 6.07) is 16.7. The van der Waals surface area contributed by atoms with Crippen molar-refractivity contribution in [3.05, 3.63) is 108 Å². The lowest BCUT2D eigenvalue weighted by Crippen LogP contribution is -2.61. The van der Waals surface area contributed by atoms with Crippen molar-refractivity contribution < 1.29 is 22.6 Å². The van der Waals surface area contributed by atoms with Gasteiger partial charge in [0, 0.05) is 90.2 Å². The lowest BCUT2D eigenvalue weighted by Gasteiger charge is -2.49. The number of halogens is 3. The predicted octanol–water partition coefficient (Wildman–Crippen LogP) is 13.6. The first-order chi connectivity index (χ1) is 45.9. The van der Waals surface area contributed by atoms with Crippen LogP contribution in [0.4, 0.5) is 34.3 Å². The van der Waals surface area contributed by atoms with Gasteiger partial charge in [-0.3, -0.25) is 0 Å². The molecule has 3 aromatic carbocycles. The topological polar surface area (TPSA) is 220 Å². The second-order valence-corrected chi connectivity index (χ2v) is 31.8. The number of hydrogen-bond acceptors (Lipinski definition) is 21. The molecule has 3 aliphatic heterocycles. The molecule has 27 heteroatoms. The fraction of sp³-hybridized carbons (Fsp3) is 0.443. The van der Waals surface area contributed by atoms with Gasteiger partial charge in [0.2, 0.25) is 0 Å². The average molecular weight is 1380 g/mol. The molecule has 21 nitrogen and oxygen atoms in total. The van der Waals surface area contributed by atoms with Crippen LogP contribution in [0, 0.1) is 38.2 Å². The second kappa shape index (κ2) is 25.5. The monoisotopic (exact) mass is 1380 g/mol. The van der Waals surface area contributed by atoms with E-state index < -0.39 is 0 Å². The Labute approximate surface area is 573 Å². The summed E-state index contributed by atoms with van der Waals surface area (Å²) in [7, 11) is 9.38. The zero-order valence-corrected chi connectivity index (χ0v) is 60.2. The number of anilines is 4. The molecule has 97 heavy (non-hydrogen) atoms. The first kappa shape index (κ1) is 67.2. The Morgan fingerprint density at radius 2 is 0.784 bits per heavy atom. The van der Waals surface area contributed by atoms with E-state index in [0.717, 1.165) is 98.2 Å². The number of aryl methyl sites for hydroxylation is 3. The maximum absolute atomic E-state index is 15.2. The van der Waals surface area contributed by atoms with E-state index in [4.69, 9.17) is 20.2 Å². The Morgan fingerprint density at radius 3 is 1.13 bits per heavy atom. The van der Waals surface area contributed by atoms with Crippen LogP contribution in [0.2, 0.25) is 0 Å². The second-order valence-electron chi connectivity index (χ2n) is 28.8. The van der Waals surface area contributed by atoms with Crippen molar-refractivity contribution in [2.75, 3.05) is 68.9 Å². The summed E-state index contributed by atoms with van der Waals surface area (Å²) >= 11 is 4.54. The number of piperidine rings is 3. The van der Waals surface area contributed by atoms with E-state index >= 15 is 8.78 Å². The molecule has 0 amide bonds. The third kappa shape index (κ3) is 13.8. The van der Waals surface area contributed by atoms with Crippen molar-refractivity contribution >= 4 is 103 Å². The molecule has 0 radical (unpaired) electrons. The van der Waals surface area contributed by atoms with E-state index in [0.29, 0.717) is 103 Å². The average Bonchev–Trinajstić information content (AvgIpc) is 1.68. The number of methoxy groups -OCH3 is 2. The van der Waals surface area contributed by atoms with Crippen molar-refractivity contribution in [3.8, 4) is 45.3 Å². The van der Waals surface area contributed by atoms with Crippen molar-refractivity contribution in [2.45, 2.75) is 155 Å². The van der Waals surface area contributed by atoms with E-state index in [-0.39, 0.29) is 39.6 Å². The Hall–Kier alpha value is -8.34. The van der Waals surface area contributed by atoms with Gasteiger partial charge >= 0.3 is 0 Å². The number of nitrogens with zero attached hydrogens (tertiary/aromatic N) is 15. The van der Waals surface area contributed by atoms with E-state index in [1.54, 1.807) is 46.0 Å². The largest absolute Gasteiger partial charge is 0.493 e. The Bertz CT molecular complexity index is 4930. The number of nitrogens with one attached hydrogen (secondary N) is 3. The maximum atomic E-state index is 15.2. The van der Waals surface area contributed by atoms with Crippen molar-refractivity contribution in [3.63, 3.8) is 0 Å². The normalized spacial score (nSPS) is 17.2. The minimum absolute atomic E-state index is 0.0187. The van der Waals surface area contributed by atoms with Crippen LogP contribution >= 0.6 is 34.0 Å². The number of thiazole rings is 3. The molecule has 0 bridgehead atoms. The molecule has 0 unspecified atom stereocenters. The molecule has 3 aliphatic rings. The third-order valence-corrected chi connectivity index (χ3v) is 21.7. The number of imidazole rings is 3. The SMILES string of the molecule is COc1cc(-c2cc(F)c3nc(N(C)C4CC(C)(C)NC(C)(C)C4)sc3c2)nn2cc(C)nc12.COc1cc(-c2cc(F)c3nc(N(C)C4CCNCC4)sc3c2)nn2cc(C)nc12.Cc1cn2nc(-c3cc(F)c4nc(N(C)C5CC(C)(C)NC(C)(C)C5)sc4c3)cc(N)c2n1. The fourth-order valence-corrected chi connectivity index (χ4v) is 17.7. The minimum atomic E-state index is -0.355. The predicted molar refractivity (Wildman–Crippen MR) is 386 cm³/mol. The lowest BCUT2D eigenvalue weighted by molar-refractivity contribution is 0.160. The molecule has 3 saturated heterocycles. The molecular weight excluding hydrogens is 1290 g/mol. The van der Waals surface area contributed by atoms with Crippen molar-refractivity contribution in [2.24, 2.45) is 0 Å². The highest BCUT2D eigenvalue weighted by Crippen LogP contribution is 2.42. The number of nitrogen functional groups attached to an aromatic ring is 1. The van der Waals surface area contributed by atoms with Crippen LogP contribution in [0.3, 0.4) is 0 Å². The number of ether oxygens (including phenoxy) is 2. The van der Waals surface area contributed by atoms with E-state index in [1.807, 2.05) is 64.6 Å². The van der Waals surface area contributed by atoms with Crippen LogP contribution in [0.1, 0.15) is 111 Å². The number of hydrogen-bond donors (Lipinski definition) is 4. The van der Waals surface area contributed by atoms with Gasteiger partial charge in [-0.2, -0.15) is 15.3 Å². The van der Waals surface area contributed by atoms with Crippen LogP contribution in [0.25, 0.3) is 81.4 Å². The summed E-state index contributed by atoms with van der Waals surface area (Å²) in [6.07, 6.45) is 11.6. The molecule has 12 aromatic rings. The van der Waals surface area contributed by atoms with E-state index in [1.165, 1.54) is 52.2 Å². The van der Waals surface area contributed by atoms with Crippen LogP contribution in [-0.2, 0) is 0 Å². The Balaban J connectivity index is 0.000000131. The molecular formula is C70H84F3N19O2S3. The van der Waals surface area contributed by atoms with Gasteiger partial charge in [0.05, 0.1) is 86.8 Å². The number of benzene rings is 3. The number of rotatable bonds is 11. The van der Waals surface area contributed by atoms with E-state index in [9.17, 15) is 4.39 Å². The van der Waals surface area contributed by atoms with Crippen molar-refractivity contribution in [1.82, 2.24) is 74.7 Å². The molecule has 0 atom stereocenters. The molecule has 3 fully saturated rings.